The highest BCUT2D eigenvalue weighted by molar-refractivity contribution is 7.90. The van der Waals surface area contributed by atoms with Crippen LogP contribution in [0.3, 0.4) is 0 Å². The standard InChI is InChI=1S/C27H39N3O6S/c1-4-18-12-21(27(33)29-16-25(32)28-15-17(3)31)14-23-22-13-20(19-8-10-36-11-9-19)6-7-24(22)30(26(18)23)37(34,35)5-2/h12,14,17,19-20,31H,4-11,13,15-16H2,1-3H3,(H,28,32)(H,29,33). The Bertz CT molecular complexity index is 1260. The normalized spacial score (nSPS) is 19.4. The van der Waals surface area contributed by atoms with Gasteiger partial charge in [-0.2, -0.15) is 0 Å². The summed E-state index contributed by atoms with van der Waals surface area (Å²) in [5.74, 6) is 0.239. The minimum Gasteiger partial charge on any atom is -0.392 e. The van der Waals surface area contributed by atoms with E-state index >= 15 is 0 Å². The number of carbonyl (C=O) groups is 2. The number of benzene rings is 1. The predicted molar refractivity (Wildman–Crippen MR) is 142 cm³/mol. The van der Waals surface area contributed by atoms with Gasteiger partial charge in [0.05, 0.1) is 23.9 Å². The average Bonchev–Trinajstić information content (AvgIpc) is 3.25. The van der Waals surface area contributed by atoms with Gasteiger partial charge in [0.2, 0.25) is 15.9 Å². The van der Waals surface area contributed by atoms with Crippen LogP contribution in [0.25, 0.3) is 10.9 Å². The molecule has 37 heavy (non-hydrogen) atoms. The topological polar surface area (TPSA) is 127 Å². The number of hydrogen-bond acceptors (Lipinski definition) is 6. The Labute approximate surface area is 219 Å². The van der Waals surface area contributed by atoms with Crippen molar-refractivity contribution < 1.29 is 27.9 Å². The fourth-order valence-electron chi connectivity index (χ4n) is 5.76. The Kier molecular flexibility index (Phi) is 8.60. The summed E-state index contributed by atoms with van der Waals surface area (Å²) in [5.41, 5.74) is 3.79. The lowest BCUT2D eigenvalue weighted by Crippen LogP contribution is -2.39. The van der Waals surface area contributed by atoms with Gasteiger partial charge in [0.15, 0.2) is 0 Å². The molecule has 1 aliphatic carbocycles. The van der Waals surface area contributed by atoms with E-state index in [9.17, 15) is 23.1 Å². The molecule has 2 atom stereocenters. The van der Waals surface area contributed by atoms with Gasteiger partial charge in [-0.15, -0.1) is 0 Å². The lowest BCUT2D eigenvalue weighted by atomic mass is 9.75. The zero-order chi connectivity index (χ0) is 26.7. The summed E-state index contributed by atoms with van der Waals surface area (Å²) >= 11 is 0. The molecule has 10 heteroatoms. The predicted octanol–water partition coefficient (Wildman–Crippen LogP) is 2.16. The van der Waals surface area contributed by atoms with Crippen molar-refractivity contribution in [3.05, 3.63) is 34.5 Å². The van der Waals surface area contributed by atoms with Gasteiger partial charge in [-0.05, 0) is 87.5 Å². The molecule has 2 aliphatic rings. The van der Waals surface area contributed by atoms with Crippen LogP contribution in [0.2, 0.25) is 0 Å². The Morgan fingerprint density at radius 1 is 1.14 bits per heavy atom. The van der Waals surface area contributed by atoms with Crippen LogP contribution in [0.4, 0.5) is 0 Å². The highest BCUT2D eigenvalue weighted by atomic mass is 32.2. The van der Waals surface area contributed by atoms with Crippen molar-refractivity contribution in [2.75, 3.05) is 32.1 Å². The Hall–Kier alpha value is -2.43. The zero-order valence-corrected chi connectivity index (χ0v) is 22.8. The summed E-state index contributed by atoms with van der Waals surface area (Å²) in [6.45, 7) is 6.64. The van der Waals surface area contributed by atoms with Crippen molar-refractivity contribution in [1.29, 1.82) is 0 Å². The highest BCUT2D eigenvalue weighted by Crippen LogP contribution is 2.41. The van der Waals surface area contributed by atoms with Crippen LogP contribution in [0.1, 0.15) is 67.2 Å². The molecule has 2 aromatic rings. The van der Waals surface area contributed by atoms with Gasteiger partial charge in [0.1, 0.15) is 0 Å². The van der Waals surface area contributed by atoms with Gasteiger partial charge in [-0.1, -0.05) is 6.92 Å². The van der Waals surface area contributed by atoms with Crippen LogP contribution in [0, 0.1) is 11.8 Å². The monoisotopic (exact) mass is 533 g/mol. The summed E-state index contributed by atoms with van der Waals surface area (Å²) in [6, 6.07) is 3.54. The molecule has 4 rings (SSSR count). The lowest BCUT2D eigenvalue weighted by Gasteiger charge is -2.33. The van der Waals surface area contributed by atoms with Crippen molar-refractivity contribution in [3.63, 3.8) is 0 Å². The highest BCUT2D eigenvalue weighted by Gasteiger charge is 2.34. The van der Waals surface area contributed by atoms with Gasteiger partial charge in [0.25, 0.3) is 5.91 Å². The van der Waals surface area contributed by atoms with Crippen LogP contribution in [-0.2, 0) is 38.8 Å². The van der Waals surface area contributed by atoms with E-state index in [1.54, 1.807) is 30.0 Å². The molecular weight excluding hydrogens is 494 g/mol. The zero-order valence-electron chi connectivity index (χ0n) is 22.0. The summed E-state index contributed by atoms with van der Waals surface area (Å²) in [7, 11) is -3.54. The van der Waals surface area contributed by atoms with Gasteiger partial charge in [0, 0.05) is 36.4 Å². The third kappa shape index (κ3) is 5.86. The maximum absolute atomic E-state index is 13.3. The summed E-state index contributed by atoms with van der Waals surface area (Å²) in [5, 5.41) is 15.4. The van der Waals surface area contributed by atoms with E-state index in [2.05, 4.69) is 10.6 Å². The Morgan fingerprint density at radius 2 is 1.86 bits per heavy atom. The number of carbonyl (C=O) groups excluding carboxylic acids is 2. The van der Waals surface area contributed by atoms with Crippen molar-refractivity contribution in [2.45, 2.75) is 65.4 Å². The molecule has 1 aromatic heterocycles. The second kappa shape index (κ2) is 11.5. The molecule has 3 N–H and O–H groups in total. The number of rotatable bonds is 9. The van der Waals surface area contributed by atoms with Crippen LogP contribution >= 0.6 is 0 Å². The van der Waals surface area contributed by atoms with Crippen LogP contribution in [0.15, 0.2) is 12.1 Å². The van der Waals surface area contributed by atoms with E-state index < -0.39 is 16.1 Å². The number of nitrogens with one attached hydrogen (secondary N) is 2. The van der Waals surface area contributed by atoms with E-state index in [-0.39, 0.29) is 30.7 Å². The number of hydrogen-bond donors (Lipinski definition) is 3. The van der Waals surface area contributed by atoms with Crippen molar-refractivity contribution in [3.8, 4) is 0 Å². The minimum atomic E-state index is -3.54. The molecule has 204 valence electrons. The third-order valence-corrected chi connectivity index (χ3v) is 9.44. The van der Waals surface area contributed by atoms with E-state index in [0.717, 1.165) is 61.1 Å². The number of amides is 2. The quantitative estimate of drug-likeness (QED) is 0.453. The first-order chi connectivity index (χ1) is 17.7. The Morgan fingerprint density at radius 3 is 2.51 bits per heavy atom. The molecule has 2 amide bonds. The first-order valence-electron chi connectivity index (χ1n) is 13.4. The minimum absolute atomic E-state index is 0.000424. The molecule has 2 unspecified atom stereocenters. The molecule has 0 spiro atoms. The Balaban J connectivity index is 1.73. The van der Waals surface area contributed by atoms with E-state index in [1.165, 1.54) is 0 Å². The molecular formula is C27H39N3O6S. The molecule has 1 aromatic carbocycles. The smallest absolute Gasteiger partial charge is 0.251 e. The number of ether oxygens (including phenoxy) is 1. The largest absolute Gasteiger partial charge is 0.392 e. The van der Waals surface area contributed by atoms with E-state index in [4.69, 9.17) is 4.74 Å². The first-order valence-corrected chi connectivity index (χ1v) is 15.0. The molecule has 1 aliphatic heterocycles. The molecule has 1 fully saturated rings. The second-order valence-corrected chi connectivity index (χ2v) is 12.4. The van der Waals surface area contributed by atoms with Gasteiger partial charge in [-0.3, -0.25) is 9.59 Å². The number of aromatic nitrogens is 1. The maximum atomic E-state index is 13.3. The van der Waals surface area contributed by atoms with Gasteiger partial charge in [-0.25, -0.2) is 12.4 Å². The first kappa shape index (κ1) is 27.6. The van der Waals surface area contributed by atoms with Gasteiger partial charge < -0.3 is 20.5 Å². The summed E-state index contributed by atoms with van der Waals surface area (Å²) < 4.78 is 33.7. The fourth-order valence-corrected chi connectivity index (χ4v) is 7.05. The number of aryl methyl sites for hydroxylation is 1. The summed E-state index contributed by atoms with van der Waals surface area (Å²) in [4.78, 5) is 25.1. The van der Waals surface area contributed by atoms with E-state index in [0.29, 0.717) is 35.8 Å². The van der Waals surface area contributed by atoms with Crippen LogP contribution in [0.5, 0.6) is 0 Å². The maximum Gasteiger partial charge on any atom is 0.251 e. The second-order valence-electron chi connectivity index (χ2n) is 10.3. The van der Waals surface area contributed by atoms with Crippen molar-refractivity contribution in [2.24, 2.45) is 11.8 Å². The SMILES string of the molecule is CCc1cc(C(=O)NCC(=O)NCC(C)O)cc2c3c(n(S(=O)(=O)CC)c12)CCC(C1CCOCC1)C3. The van der Waals surface area contributed by atoms with Crippen molar-refractivity contribution >= 4 is 32.7 Å². The number of fused-ring (bicyclic) bond motifs is 3. The molecule has 0 bridgehead atoms. The number of nitrogens with zero attached hydrogens (tertiary/aromatic N) is 1. The number of aliphatic hydroxyl groups is 1. The average molecular weight is 534 g/mol. The summed E-state index contributed by atoms with van der Waals surface area (Å²) in [6.07, 6.45) is 4.38. The molecule has 9 nitrogen and oxygen atoms in total. The van der Waals surface area contributed by atoms with Gasteiger partial charge >= 0.3 is 0 Å². The molecule has 1 saturated heterocycles. The number of aliphatic hydroxyl groups excluding tert-OH is 1. The molecule has 2 heterocycles. The fraction of sp³-hybridized carbons (Fsp3) is 0.630. The van der Waals surface area contributed by atoms with E-state index in [1.807, 2.05) is 6.92 Å². The van der Waals surface area contributed by atoms with Crippen LogP contribution in [-0.4, -0.2) is 67.5 Å². The molecule has 0 radical (unpaired) electrons. The van der Waals surface area contributed by atoms with Crippen molar-refractivity contribution in [1.82, 2.24) is 14.6 Å². The van der Waals surface area contributed by atoms with Crippen LogP contribution < -0.4 is 10.6 Å². The third-order valence-electron chi connectivity index (χ3n) is 7.75. The lowest BCUT2D eigenvalue weighted by molar-refractivity contribution is -0.120. The molecule has 0 saturated carbocycles.